The summed E-state index contributed by atoms with van der Waals surface area (Å²) in [6.45, 7) is 8.34. The van der Waals surface area contributed by atoms with E-state index < -0.39 is 0 Å². The third-order valence-electron chi connectivity index (χ3n) is 6.85. The number of nitrogens with zero attached hydrogens (tertiary/aromatic N) is 2. The molecule has 1 fully saturated rings. The van der Waals surface area contributed by atoms with Crippen LogP contribution < -0.4 is 23.7 Å². The fourth-order valence-corrected chi connectivity index (χ4v) is 4.83. The molecule has 0 aromatic heterocycles. The molecule has 0 unspecified atom stereocenters. The highest BCUT2D eigenvalue weighted by atomic mass is 16.5. The summed E-state index contributed by atoms with van der Waals surface area (Å²) in [4.78, 5) is 18.1. The van der Waals surface area contributed by atoms with E-state index in [4.69, 9.17) is 28.4 Å². The maximum Gasteiger partial charge on any atom is 0.232 e. The number of Topliss-reactive ketones (excluding diaryl/α,β-unsaturated/α-hetero) is 1. The number of carbonyl (C=O) groups is 1. The zero-order valence-electron chi connectivity index (χ0n) is 21.2. The van der Waals surface area contributed by atoms with Crippen molar-refractivity contribution in [1.29, 1.82) is 0 Å². The molecule has 36 heavy (non-hydrogen) atoms. The number of benzene rings is 2. The Hall–Kier alpha value is -3.27. The molecule has 3 aliphatic rings. The lowest BCUT2D eigenvalue weighted by Gasteiger charge is -2.33. The predicted molar refractivity (Wildman–Crippen MR) is 133 cm³/mol. The number of rotatable bonds is 7. The van der Waals surface area contributed by atoms with E-state index in [2.05, 4.69) is 9.80 Å². The average molecular weight is 497 g/mol. The first kappa shape index (κ1) is 24.4. The van der Waals surface area contributed by atoms with Gasteiger partial charge in [0.15, 0.2) is 17.3 Å². The Bertz CT molecular complexity index is 1190. The van der Waals surface area contributed by atoms with Crippen LogP contribution in [0.3, 0.4) is 0 Å². The van der Waals surface area contributed by atoms with Crippen molar-refractivity contribution in [2.24, 2.45) is 0 Å². The van der Waals surface area contributed by atoms with Crippen LogP contribution in [0, 0.1) is 6.92 Å². The van der Waals surface area contributed by atoms with Crippen LogP contribution in [0.2, 0.25) is 0 Å². The molecular formula is C27H32N2O7. The van der Waals surface area contributed by atoms with Crippen molar-refractivity contribution in [3.05, 3.63) is 46.2 Å². The van der Waals surface area contributed by atoms with Crippen LogP contribution in [0.25, 0.3) is 6.08 Å². The van der Waals surface area contributed by atoms with Gasteiger partial charge in [0.2, 0.25) is 5.78 Å². The fourth-order valence-electron chi connectivity index (χ4n) is 4.83. The Labute approximate surface area is 211 Å². The van der Waals surface area contributed by atoms with Crippen molar-refractivity contribution in [2.75, 3.05) is 67.5 Å². The maximum atomic E-state index is 13.4. The van der Waals surface area contributed by atoms with Crippen LogP contribution in [0.4, 0.5) is 0 Å². The highest BCUT2D eigenvalue weighted by Gasteiger charge is 2.35. The molecule has 192 valence electrons. The molecule has 9 nitrogen and oxygen atoms in total. The molecule has 0 saturated carbocycles. The van der Waals surface area contributed by atoms with Crippen LogP contribution in [0.5, 0.6) is 28.7 Å². The number of ether oxygens (including phenoxy) is 6. The van der Waals surface area contributed by atoms with Gasteiger partial charge in [-0.1, -0.05) is 0 Å². The smallest absolute Gasteiger partial charge is 0.232 e. The van der Waals surface area contributed by atoms with Crippen molar-refractivity contribution >= 4 is 11.9 Å². The molecule has 0 radical (unpaired) electrons. The standard InChI is InChI=1S/C27H32N2O7/c1-17-11-21-19(15-29(16-35-21)6-5-28-7-9-34-10-8-28)27-25(17)26(30)24(36-27)13-18-12-22(32-3)23(33-4)14-20(18)31-2/h11-14H,5-10,15-16H2,1-4H3/b24-13-. The van der Waals surface area contributed by atoms with E-state index >= 15 is 0 Å². The van der Waals surface area contributed by atoms with E-state index in [1.807, 2.05) is 13.0 Å². The molecule has 0 amide bonds. The van der Waals surface area contributed by atoms with Gasteiger partial charge in [-0.15, -0.1) is 0 Å². The molecule has 0 atom stereocenters. The molecular weight excluding hydrogens is 464 g/mol. The number of fused-ring (bicyclic) bond motifs is 3. The second-order valence-corrected chi connectivity index (χ2v) is 9.04. The zero-order valence-corrected chi connectivity index (χ0v) is 21.2. The van der Waals surface area contributed by atoms with Gasteiger partial charge in [0, 0.05) is 44.4 Å². The quantitative estimate of drug-likeness (QED) is 0.537. The number of allylic oxidation sites excluding steroid dienone is 1. The molecule has 0 spiro atoms. The predicted octanol–water partition coefficient (Wildman–Crippen LogP) is 3.12. The molecule has 3 heterocycles. The van der Waals surface area contributed by atoms with Gasteiger partial charge in [0.1, 0.15) is 24.0 Å². The highest BCUT2D eigenvalue weighted by molar-refractivity contribution is 6.16. The molecule has 1 saturated heterocycles. The number of aryl methyl sites for hydroxylation is 1. The van der Waals surface area contributed by atoms with Crippen molar-refractivity contribution < 1.29 is 33.2 Å². The van der Waals surface area contributed by atoms with Gasteiger partial charge in [-0.05, 0) is 30.7 Å². The Morgan fingerprint density at radius 3 is 2.36 bits per heavy atom. The minimum absolute atomic E-state index is 0.160. The Morgan fingerprint density at radius 2 is 1.64 bits per heavy atom. The van der Waals surface area contributed by atoms with Crippen LogP contribution in [-0.2, 0) is 11.3 Å². The lowest BCUT2D eigenvalue weighted by Crippen LogP contribution is -2.43. The van der Waals surface area contributed by atoms with Gasteiger partial charge in [0.05, 0.1) is 45.7 Å². The van der Waals surface area contributed by atoms with Crippen LogP contribution >= 0.6 is 0 Å². The summed E-state index contributed by atoms with van der Waals surface area (Å²) in [5.41, 5.74) is 2.97. The van der Waals surface area contributed by atoms with Gasteiger partial charge in [0.25, 0.3) is 0 Å². The van der Waals surface area contributed by atoms with Crippen molar-refractivity contribution in [3.8, 4) is 28.7 Å². The van der Waals surface area contributed by atoms with E-state index in [9.17, 15) is 4.79 Å². The van der Waals surface area contributed by atoms with E-state index in [0.717, 1.165) is 56.3 Å². The molecule has 9 heteroatoms. The second-order valence-electron chi connectivity index (χ2n) is 9.04. The minimum atomic E-state index is -0.160. The summed E-state index contributed by atoms with van der Waals surface area (Å²) in [6, 6.07) is 5.43. The lowest BCUT2D eigenvalue weighted by atomic mass is 9.98. The monoisotopic (exact) mass is 496 g/mol. The first-order valence-corrected chi connectivity index (χ1v) is 12.1. The van der Waals surface area contributed by atoms with Crippen molar-refractivity contribution in [2.45, 2.75) is 13.5 Å². The van der Waals surface area contributed by atoms with Crippen LogP contribution in [0.1, 0.15) is 27.0 Å². The average Bonchev–Trinajstić information content (AvgIpc) is 3.24. The minimum Gasteiger partial charge on any atom is -0.496 e. The number of hydrogen-bond donors (Lipinski definition) is 0. The molecule has 0 aliphatic carbocycles. The van der Waals surface area contributed by atoms with Gasteiger partial charge in [-0.25, -0.2) is 0 Å². The normalized spacial score (nSPS) is 18.9. The molecule has 2 aromatic rings. The van der Waals surface area contributed by atoms with Crippen LogP contribution in [-0.4, -0.2) is 83.0 Å². The fraction of sp³-hybridized carbons (Fsp3) is 0.444. The summed E-state index contributed by atoms with van der Waals surface area (Å²) in [6.07, 6.45) is 1.69. The second kappa shape index (κ2) is 10.4. The van der Waals surface area contributed by atoms with E-state index in [-0.39, 0.29) is 11.5 Å². The molecule has 5 rings (SSSR count). The number of methoxy groups -OCH3 is 3. The molecule has 0 bridgehead atoms. The van der Waals surface area contributed by atoms with Gasteiger partial charge >= 0.3 is 0 Å². The third-order valence-corrected chi connectivity index (χ3v) is 6.85. The molecule has 2 aromatic carbocycles. The van der Waals surface area contributed by atoms with Crippen LogP contribution in [0.15, 0.2) is 24.0 Å². The summed E-state index contributed by atoms with van der Waals surface area (Å²) in [7, 11) is 4.70. The van der Waals surface area contributed by atoms with E-state index in [1.54, 1.807) is 39.5 Å². The summed E-state index contributed by atoms with van der Waals surface area (Å²) >= 11 is 0. The van der Waals surface area contributed by atoms with Gasteiger partial charge in [-0.3, -0.25) is 14.6 Å². The highest BCUT2D eigenvalue weighted by Crippen LogP contribution is 2.45. The first-order chi connectivity index (χ1) is 17.5. The number of ketones is 1. The van der Waals surface area contributed by atoms with Crippen molar-refractivity contribution in [3.63, 3.8) is 0 Å². The van der Waals surface area contributed by atoms with E-state index in [1.165, 1.54) is 0 Å². The summed E-state index contributed by atoms with van der Waals surface area (Å²) < 4.78 is 34.1. The van der Waals surface area contributed by atoms with Gasteiger partial charge in [-0.2, -0.15) is 0 Å². The zero-order chi connectivity index (χ0) is 25.2. The van der Waals surface area contributed by atoms with Crippen molar-refractivity contribution in [1.82, 2.24) is 9.80 Å². The molecule has 0 N–H and O–H groups in total. The number of morpholine rings is 1. The Morgan fingerprint density at radius 1 is 0.944 bits per heavy atom. The third kappa shape index (κ3) is 4.61. The lowest BCUT2D eigenvalue weighted by molar-refractivity contribution is 0.0239. The van der Waals surface area contributed by atoms with Gasteiger partial charge < -0.3 is 28.4 Å². The Kier molecular flexibility index (Phi) is 7.04. The SMILES string of the molecule is COc1cc(OC)c(OC)cc1/C=C1\Oc2c3c(cc(C)c2C1=O)OCN(CCN1CCOCC1)C3. The first-order valence-electron chi connectivity index (χ1n) is 12.1. The number of carbonyl (C=O) groups excluding carboxylic acids is 1. The largest absolute Gasteiger partial charge is 0.496 e. The van der Waals surface area contributed by atoms with E-state index in [0.29, 0.717) is 47.4 Å². The summed E-state index contributed by atoms with van der Waals surface area (Å²) in [5.74, 6) is 3.04. The molecule has 3 aliphatic heterocycles. The maximum absolute atomic E-state index is 13.4. The topological polar surface area (TPSA) is 78.9 Å². The Balaban J connectivity index is 1.41. The summed E-state index contributed by atoms with van der Waals surface area (Å²) in [5, 5.41) is 0. The number of hydrogen-bond acceptors (Lipinski definition) is 9.